The van der Waals surface area contributed by atoms with Crippen LogP contribution < -0.4 is 0 Å². The molecule has 35 heavy (non-hydrogen) atoms. The maximum atomic E-state index is 13.6. The summed E-state index contributed by atoms with van der Waals surface area (Å²) in [4.78, 5) is 16.5. The zero-order valence-electron chi connectivity index (χ0n) is 19.8. The lowest BCUT2D eigenvalue weighted by molar-refractivity contribution is -0.133. The van der Waals surface area contributed by atoms with E-state index in [1.54, 1.807) is 34.4 Å². The third-order valence-corrected chi connectivity index (χ3v) is 8.42. The normalized spacial score (nSPS) is 16.3. The fraction of sp³-hybridized carbons (Fsp3) is 0.296. The fourth-order valence-electron chi connectivity index (χ4n) is 4.31. The summed E-state index contributed by atoms with van der Waals surface area (Å²) in [6.45, 7) is 4.30. The first kappa shape index (κ1) is 25.3. The molecule has 1 aliphatic rings. The second-order valence-electron chi connectivity index (χ2n) is 9.04. The number of carbonyl (C=O) groups excluding carboxylic acids is 1. The van der Waals surface area contributed by atoms with Crippen molar-refractivity contribution in [2.24, 2.45) is 5.92 Å². The van der Waals surface area contributed by atoms with Gasteiger partial charge in [-0.2, -0.15) is 4.31 Å². The van der Waals surface area contributed by atoms with Crippen molar-refractivity contribution in [3.8, 4) is 0 Å². The van der Waals surface area contributed by atoms with Crippen molar-refractivity contribution in [1.82, 2.24) is 9.21 Å². The van der Waals surface area contributed by atoms with Gasteiger partial charge in [0.25, 0.3) is 0 Å². The number of nitrogens with zero attached hydrogens (tertiary/aromatic N) is 2. The molecule has 184 valence electrons. The van der Waals surface area contributed by atoms with E-state index in [1.165, 1.54) is 26.7 Å². The van der Waals surface area contributed by atoms with Crippen molar-refractivity contribution in [3.05, 3.63) is 98.8 Å². The molecule has 0 fully saturated rings. The highest BCUT2D eigenvalue weighted by atomic mass is 32.2. The monoisotopic (exact) mass is 512 g/mol. The Labute approximate surface area is 210 Å². The van der Waals surface area contributed by atoms with Gasteiger partial charge in [0, 0.05) is 23.4 Å². The van der Waals surface area contributed by atoms with Crippen molar-refractivity contribution >= 4 is 33.3 Å². The van der Waals surface area contributed by atoms with Gasteiger partial charge in [-0.1, -0.05) is 56.3 Å². The fourth-order valence-corrected chi connectivity index (χ4v) is 6.51. The molecule has 5 nitrogen and oxygen atoms in total. The van der Waals surface area contributed by atoms with Gasteiger partial charge in [0.1, 0.15) is 5.82 Å². The van der Waals surface area contributed by atoms with Crippen LogP contribution in [0.5, 0.6) is 0 Å². The summed E-state index contributed by atoms with van der Waals surface area (Å²) < 4.78 is 41.3. The zero-order chi connectivity index (χ0) is 25.0. The van der Waals surface area contributed by atoms with E-state index in [-0.39, 0.29) is 36.8 Å². The van der Waals surface area contributed by atoms with Crippen LogP contribution in [0.2, 0.25) is 0 Å². The molecular formula is C27H29FN2O3S2. The summed E-state index contributed by atoms with van der Waals surface area (Å²) in [6.07, 6.45) is 2.26. The van der Waals surface area contributed by atoms with Crippen molar-refractivity contribution < 1.29 is 17.6 Å². The standard InChI is InChI=1S/C27H29FN2O3S2/c1-20(2)18-29(35(32,33)17-14-21-6-4-3-5-7-21)19-26(31)30-15-12-25-24(13-16-34-25)27(30)22-8-10-23(28)11-9-22/h3-11,13-14,16-17,20,27H,12,15,18-19H2,1-2H3. The Morgan fingerprint density at radius 3 is 2.54 bits per heavy atom. The molecule has 0 saturated heterocycles. The summed E-state index contributed by atoms with van der Waals surface area (Å²) in [5.74, 6) is -0.568. The third kappa shape index (κ3) is 6.07. The number of amides is 1. The Hall–Kier alpha value is -2.81. The molecular weight excluding hydrogens is 483 g/mol. The van der Waals surface area contributed by atoms with Crippen LogP contribution >= 0.6 is 11.3 Å². The Morgan fingerprint density at radius 1 is 1.14 bits per heavy atom. The molecule has 0 radical (unpaired) electrons. The van der Waals surface area contributed by atoms with Crippen molar-refractivity contribution in [1.29, 1.82) is 0 Å². The second kappa shape index (κ2) is 10.8. The van der Waals surface area contributed by atoms with Crippen LogP contribution in [-0.2, 0) is 21.2 Å². The maximum Gasteiger partial charge on any atom is 0.238 e. The molecule has 1 amide bonds. The third-order valence-electron chi connectivity index (χ3n) is 5.94. The molecule has 0 aliphatic carbocycles. The van der Waals surface area contributed by atoms with Crippen LogP contribution in [0.3, 0.4) is 0 Å². The van der Waals surface area contributed by atoms with Gasteiger partial charge in [-0.3, -0.25) is 4.79 Å². The molecule has 1 aliphatic heterocycles. The van der Waals surface area contributed by atoms with Crippen LogP contribution in [0.4, 0.5) is 4.39 Å². The van der Waals surface area contributed by atoms with Gasteiger partial charge in [-0.05, 0) is 58.7 Å². The van der Waals surface area contributed by atoms with Crippen LogP contribution in [0.1, 0.15) is 41.5 Å². The summed E-state index contributed by atoms with van der Waals surface area (Å²) in [7, 11) is -3.83. The van der Waals surface area contributed by atoms with E-state index < -0.39 is 10.0 Å². The topological polar surface area (TPSA) is 57.7 Å². The molecule has 4 rings (SSSR count). The summed E-state index contributed by atoms with van der Waals surface area (Å²) >= 11 is 1.64. The highest BCUT2D eigenvalue weighted by Gasteiger charge is 2.35. The van der Waals surface area contributed by atoms with Crippen molar-refractivity contribution in [2.45, 2.75) is 26.3 Å². The molecule has 2 heterocycles. The van der Waals surface area contributed by atoms with Gasteiger partial charge in [0.15, 0.2) is 0 Å². The smallest absolute Gasteiger partial charge is 0.238 e. The van der Waals surface area contributed by atoms with Gasteiger partial charge in [-0.15, -0.1) is 11.3 Å². The quantitative estimate of drug-likeness (QED) is 0.411. The Kier molecular flexibility index (Phi) is 7.84. The highest BCUT2D eigenvalue weighted by Crippen LogP contribution is 2.38. The number of fused-ring (bicyclic) bond motifs is 1. The average Bonchev–Trinajstić information content (AvgIpc) is 3.32. The predicted octanol–water partition coefficient (Wildman–Crippen LogP) is 5.32. The molecule has 0 saturated carbocycles. The number of hydrogen-bond donors (Lipinski definition) is 0. The molecule has 8 heteroatoms. The minimum Gasteiger partial charge on any atom is -0.330 e. The molecule has 0 spiro atoms. The van der Waals surface area contributed by atoms with E-state index >= 15 is 0 Å². The second-order valence-corrected chi connectivity index (χ2v) is 11.9. The number of rotatable bonds is 8. The van der Waals surface area contributed by atoms with E-state index in [0.29, 0.717) is 13.0 Å². The first-order valence-corrected chi connectivity index (χ1v) is 14.0. The van der Waals surface area contributed by atoms with E-state index in [1.807, 2.05) is 55.6 Å². The summed E-state index contributed by atoms with van der Waals surface area (Å²) in [5, 5.41) is 3.17. The van der Waals surface area contributed by atoms with Gasteiger partial charge in [0.2, 0.25) is 15.9 Å². The van der Waals surface area contributed by atoms with Crippen LogP contribution in [0.25, 0.3) is 6.08 Å². The van der Waals surface area contributed by atoms with E-state index in [9.17, 15) is 17.6 Å². The lowest BCUT2D eigenvalue weighted by Crippen LogP contribution is -2.47. The molecule has 2 aromatic carbocycles. The van der Waals surface area contributed by atoms with E-state index in [2.05, 4.69) is 0 Å². The van der Waals surface area contributed by atoms with E-state index in [0.717, 1.165) is 16.7 Å². The number of sulfonamides is 1. The van der Waals surface area contributed by atoms with Gasteiger partial charge >= 0.3 is 0 Å². The molecule has 1 aromatic heterocycles. The minimum absolute atomic E-state index is 0.0421. The van der Waals surface area contributed by atoms with Crippen molar-refractivity contribution in [3.63, 3.8) is 0 Å². The lowest BCUT2D eigenvalue weighted by atomic mass is 9.93. The van der Waals surface area contributed by atoms with Gasteiger partial charge in [-0.25, -0.2) is 12.8 Å². The van der Waals surface area contributed by atoms with Crippen LogP contribution in [-0.4, -0.2) is 43.2 Å². The minimum atomic E-state index is -3.83. The van der Waals surface area contributed by atoms with Crippen LogP contribution in [0, 0.1) is 11.7 Å². The Balaban J connectivity index is 1.61. The highest BCUT2D eigenvalue weighted by molar-refractivity contribution is 7.92. The number of carbonyl (C=O) groups is 1. The first-order valence-electron chi connectivity index (χ1n) is 11.6. The summed E-state index contributed by atoms with van der Waals surface area (Å²) in [6, 6.07) is 17.0. The SMILES string of the molecule is CC(C)CN(CC(=O)N1CCc2sccc2C1c1ccc(F)cc1)S(=O)(=O)C=Cc1ccccc1. The van der Waals surface area contributed by atoms with Gasteiger partial charge < -0.3 is 4.90 Å². The largest absolute Gasteiger partial charge is 0.330 e. The van der Waals surface area contributed by atoms with E-state index in [4.69, 9.17) is 0 Å². The van der Waals surface area contributed by atoms with Gasteiger partial charge in [0.05, 0.1) is 12.6 Å². The molecule has 0 N–H and O–H groups in total. The predicted molar refractivity (Wildman–Crippen MR) is 139 cm³/mol. The molecule has 1 atom stereocenters. The first-order chi connectivity index (χ1) is 16.7. The maximum absolute atomic E-state index is 13.6. The van der Waals surface area contributed by atoms with Crippen LogP contribution in [0.15, 0.2) is 71.5 Å². The Bertz CT molecular complexity index is 1290. The van der Waals surface area contributed by atoms with Crippen molar-refractivity contribution in [2.75, 3.05) is 19.6 Å². The number of benzene rings is 2. The zero-order valence-corrected chi connectivity index (χ0v) is 21.4. The lowest BCUT2D eigenvalue weighted by Gasteiger charge is -2.37. The average molecular weight is 513 g/mol. The molecule has 3 aromatic rings. The molecule has 1 unspecified atom stereocenters. The number of halogens is 1. The number of hydrogen-bond acceptors (Lipinski definition) is 4. The summed E-state index contributed by atoms with van der Waals surface area (Å²) in [5.41, 5.74) is 2.59. The Morgan fingerprint density at radius 2 is 1.86 bits per heavy atom. The molecule has 0 bridgehead atoms. The number of thiophene rings is 1.